The van der Waals surface area contributed by atoms with Crippen molar-refractivity contribution in [2.24, 2.45) is 0 Å². The van der Waals surface area contributed by atoms with Crippen molar-refractivity contribution < 1.29 is 14.3 Å². The largest absolute Gasteiger partial charge is 0.497 e. The lowest BCUT2D eigenvalue weighted by Gasteiger charge is -2.12. The number of hydrogen-bond acceptors (Lipinski definition) is 4. The number of ketones is 1. The van der Waals surface area contributed by atoms with Crippen molar-refractivity contribution in [1.29, 1.82) is 0 Å². The van der Waals surface area contributed by atoms with Crippen LogP contribution in [0.1, 0.15) is 27.3 Å². The zero-order valence-electron chi connectivity index (χ0n) is 17.0. The summed E-state index contributed by atoms with van der Waals surface area (Å²) in [6, 6.07) is 15.7. The Morgan fingerprint density at radius 1 is 0.964 bits per heavy atom. The van der Waals surface area contributed by atoms with E-state index < -0.39 is 0 Å². The first-order valence-corrected chi connectivity index (χ1v) is 9.19. The highest BCUT2D eigenvalue weighted by molar-refractivity contribution is 6.00. The number of carbonyl (C=O) groups excluding carboxylic acids is 1. The second-order valence-electron chi connectivity index (χ2n) is 6.80. The van der Waals surface area contributed by atoms with E-state index in [1.165, 1.54) is 5.56 Å². The molecule has 1 N–H and O–H groups in total. The lowest BCUT2D eigenvalue weighted by atomic mass is 10.1. The fourth-order valence-corrected chi connectivity index (χ4v) is 3.35. The van der Waals surface area contributed by atoms with Gasteiger partial charge in [-0.15, -0.1) is 0 Å². The predicted molar refractivity (Wildman–Crippen MR) is 112 cm³/mol. The summed E-state index contributed by atoms with van der Waals surface area (Å²) in [6.45, 7) is 6.24. The van der Waals surface area contributed by atoms with E-state index in [1.54, 1.807) is 20.3 Å². The van der Waals surface area contributed by atoms with Gasteiger partial charge >= 0.3 is 0 Å². The van der Waals surface area contributed by atoms with Gasteiger partial charge in [0.2, 0.25) is 0 Å². The van der Waals surface area contributed by atoms with Gasteiger partial charge in [0.05, 0.1) is 26.5 Å². The number of nitrogens with zero attached hydrogens (tertiary/aromatic N) is 1. The Balaban J connectivity index is 1.80. The first kappa shape index (κ1) is 19.5. The highest BCUT2D eigenvalue weighted by Gasteiger charge is 2.17. The van der Waals surface area contributed by atoms with Crippen LogP contribution >= 0.6 is 0 Å². The zero-order chi connectivity index (χ0) is 20.3. The number of aryl methyl sites for hydroxylation is 2. The van der Waals surface area contributed by atoms with Crippen molar-refractivity contribution in [2.45, 2.75) is 20.8 Å². The summed E-state index contributed by atoms with van der Waals surface area (Å²) in [4.78, 5) is 12.9. The molecule has 0 aliphatic heterocycles. The third-order valence-corrected chi connectivity index (χ3v) is 4.87. The standard InChI is InChI=1S/C23H26N2O3/c1-15-6-8-18(9-7-15)25-16(2)12-20(17(25)3)22(26)14-24-21-11-10-19(27-4)13-23(21)28-5/h6-13,24H,14H2,1-5H3. The van der Waals surface area contributed by atoms with Crippen LogP contribution in [0.5, 0.6) is 11.5 Å². The average Bonchev–Trinajstić information content (AvgIpc) is 3.01. The quantitative estimate of drug-likeness (QED) is 0.605. The van der Waals surface area contributed by atoms with Crippen molar-refractivity contribution in [3.8, 4) is 17.2 Å². The number of anilines is 1. The van der Waals surface area contributed by atoms with Gasteiger partial charge in [-0.1, -0.05) is 17.7 Å². The van der Waals surface area contributed by atoms with Crippen molar-refractivity contribution in [1.82, 2.24) is 4.57 Å². The molecule has 3 aromatic rings. The van der Waals surface area contributed by atoms with Gasteiger partial charge in [-0.25, -0.2) is 0 Å². The summed E-state index contributed by atoms with van der Waals surface area (Å²) in [5.74, 6) is 1.37. The van der Waals surface area contributed by atoms with Gasteiger partial charge in [-0.3, -0.25) is 4.79 Å². The van der Waals surface area contributed by atoms with Gasteiger partial charge in [0.1, 0.15) is 11.5 Å². The Morgan fingerprint density at radius 2 is 1.68 bits per heavy atom. The van der Waals surface area contributed by atoms with Gasteiger partial charge in [0.25, 0.3) is 0 Å². The molecule has 0 bridgehead atoms. The molecule has 1 aromatic heterocycles. The van der Waals surface area contributed by atoms with Crippen molar-refractivity contribution in [2.75, 3.05) is 26.1 Å². The van der Waals surface area contributed by atoms with E-state index in [-0.39, 0.29) is 12.3 Å². The number of Topliss-reactive ketones (excluding diaryl/α,β-unsaturated/α-hetero) is 1. The smallest absolute Gasteiger partial charge is 0.183 e. The third kappa shape index (κ3) is 3.88. The van der Waals surface area contributed by atoms with Crippen LogP contribution in [0, 0.1) is 20.8 Å². The second kappa shape index (κ2) is 8.21. The van der Waals surface area contributed by atoms with Crippen LogP contribution in [0.4, 0.5) is 5.69 Å². The molecule has 0 spiro atoms. The molecular formula is C23H26N2O3. The molecule has 0 aliphatic rings. The Morgan fingerprint density at radius 3 is 2.32 bits per heavy atom. The molecule has 3 rings (SSSR count). The van der Waals surface area contributed by atoms with E-state index in [0.29, 0.717) is 11.5 Å². The van der Waals surface area contributed by atoms with Crippen molar-refractivity contribution >= 4 is 11.5 Å². The van der Waals surface area contributed by atoms with E-state index in [0.717, 1.165) is 28.3 Å². The van der Waals surface area contributed by atoms with Crippen molar-refractivity contribution in [3.63, 3.8) is 0 Å². The number of carbonyl (C=O) groups is 1. The summed E-state index contributed by atoms with van der Waals surface area (Å²) < 4.78 is 12.7. The van der Waals surface area contributed by atoms with E-state index in [9.17, 15) is 4.79 Å². The van der Waals surface area contributed by atoms with E-state index >= 15 is 0 Å². The van der Waals surface area contributed by atoms with E-state index in [4.69, 9.17) is 9.47 Å². The molecule has 28 heavy (non-hydrogen) atoms. The summed E-state index contributed by atoms with van der Waals surface area (Å²) >= 11 is 0. The summed E-state index contributed by atoms with van der Waals surface area (Å²) in [5.41, 5.74) is 5.72. The average molecular weight is 378 g/mol. The molecule has 146 valence electrons. The minimum absolute atomic E-state index is 0.0318. The maximum atomic E-state index is 12.9. The predicted octanol–water partition coefficient (Wildman–Crippen LogP) is 4.71. The monoisotopic (exact) mass is 378 g/mol. The lowest BCUT2D eigenvalue weighted by Crippen LogP contribution is -2.15. The Hall–Kier alpha value is -3.21. The molecule has 0 saturated carbocycles. The van der Waals surface area contributed by atoms with Crippen LogP contribution in [0.15, 0.2) is 48.5 Å². The fraction of sp³-hybridized carbons (Fsp3) is 0.261. The number of aromatic nitrogens is 1. The topological polar surface area (TPSA) is 52.5 Å². The Kier molecular flexibility index (Phi) is 5.73. The zero-order valence-corrected chi connectivity index (χ0v) is 17.0. The fourth-order valence-electron chi connectivity index (χ4n) is 3.35. The molecule has 5 nitrogen and oxygen atoms in total. The highest BCUT2D eigenvalue weighted by Crippen LogP contribution is 2.29. The normalized spacial score (nSPS) is 10.6. The lowest BCUT2D eigenvalue weighted by molar-refractivity contribution is 0.101. The number of ether oxygens (including phenoxy) is 2. The van der Waals surface area contributed by atoms with Crippen LogP contribution in [-0.2, 0) is 0 Å². The van der Waals surface area contributed by atoms with Gasteiger partial charge in [0, 0.05) is 28.7 Å². The van der Waals surface area contributed by atoms with Crippen molar-refractivity contribution in [3.05, 3.63) is 71.0 Å². The molecule has 0 saturated heterocycles. The Labute approximate surface area is 165 Å². The number of methoxy groups -OCH3 is 2. The summed E-state index contributed by atoms with van der Waals surface area (Å²) in [7, 11) is 3.20. The molecule has 2 aromatic carbocycles. The van der Waals surface area contributed by atoms with Gasteiger partial charge < -0.3 is 19.4 Å². The van der Waals surface area contributed by atoms with E-state index in [2.05, 4.69) is 41.1 Å². The van der Waals surface area contributed by atoms with E-state index in [1.807, 2.05) is 32.0 Å². The highest BCUT2D eigenvalue weighted by atomic mass is 16.5. The number of rotatable bonds is 7. The molecular weight excluding hydrogens is 352 g/mol. The van der Waals surface area contributed by atoms with Crippen LogP contribution < -0.4 is 14.8 Å². The minimum Gasteiger partial charge on any atom is -0.497 e. The first-order valence-electron chi connectivity index (χ1n) is 9.19. The van der Waals surface area contributed by atoms with Crippen LogP contribution in [0.2, 0.25) is 0 Å². The third-order valence-electron chi connectivity index (χ3n) is 4.87. The number of benzene rings is 2. The maximum absolute atomic E-state index is 12.9. The minimum atomic E-state index is 0.0318. The molecule has 0 amide bonds. The number of nitrogens with one attached hydrogen (secondary N) is 1. The SMILES string of the molecule is COc1ccc(NCC(=O)c2cc(C)n(-c3ccc(C)cc3)c2C)c(OC)c1. The van der Waals surface area contributed by atoms with Gasteiger partial charge in [0.15, 0.2) is 5.78 Å². The van der Waals surface area contributed by atoms with Gasteiger partial charge in [-0.2, -0.15) is 0 Å². The molecule has 0 fully saturated rings. The second-order valence-corrected chi connectivity index (χ2v) is 6.80. The number of hydrogen-bond donors (Lipinski definition) is 1. The molecule has 1 heterocycles. The molecule has 0 aliphatic carbocycles. The summed E-state index contributed by atoms with van der Waals surface area (Å²) in [5, 5.41) is 3.18. The molecule has 5 heteroatoms. The molecule has 0 atom stereocenters. The maximum Gasteiger partial charge on any atom is 0.183 e. The summed E-state index contributed by atoms with van der Waals surface area (Å²) in [6.07, 6.45) is 0. The van der Waals surface area contributed by atoms with Gasteiger partial charge in [-0.05, 0) is 51.1 Å². The van der Waals surface area contributed by atoms with Crippen LogP contribution in [0.25, 0.3) is 5.69 Å². The molecule has 0 radical (unpaired) electrons. The first-order chi connectivity index (χ1) is 13.4. The van der Waals surface area contributed by atoms with Crippen LogP contribution in [-0.4, -0.2) is 31.1 Å². The Bertz CT molecular complexity index is 988. The van der Waals surface area contributed by atoms with Crippen LogP contribution in [0.3, 0.4) is 0 Å². The molecule has 0 unspecified atom stereocenters.